The zero-order valence-electron chi connectivity index (χ0n) is 19.3. The molecule has 1 fully saturated rings. The van der Waals surface area contributed by atoms with E-state index >= 15 is 0 Å². The Balaban J connectivity index is 2.58. The molecule has 34 heavy (non-hydrogen) atoms. The topological polar surface area (TPSA) is 135 Å². The second-order valence-corrected chi connectivity index (χ2v) is 8.34. The lowest BCUT2D eigenvalue weighted by atomic mass is 9.94. The van der Waals surface area contributed by atoms with Crippen LogP contribution in [0.2, 0.25) is 0 Å². The van der Waals surface area contributed by atoms with Gasteiger partial charge in [-0.15, -0.1) is 0 Å². The van der Waals surface area contributed by atoms with Crippen LogP contribution in [0.1, 0.15) is 38.1 Å². The summed E-state index contributed by atoms with van der Waals surface area (Å²) in [7, 11) is 1.26. The van der Waals surface area contributed by atoms with E-state index in [1.165, 1.54) is 26.2 Å². The number of imide groups is 1. The smallest absolute Gasteiger partial charge is 0.303 e. The molecule has 0 bridgehead atoms. The van der Waals surface area contributed by atoms with Gasteiger partial charge in [-0.25, -0.2) is 0 Å². The van der Waals surface area contributed by atoms with Crippen molar-refractivity contribution in [2.45, 2.75) is 58.3 Å². The quantitative estimate of drug-likeness (QED) is 0.368. The fourth-order valence-corrected chi connectivity index (χ4v) is 3.84. The Bertz CT molecular complexity index is 934. The number of ether oxygens (including phenoxy) is 5. The molecule has 1 heterocycles. The van der Waals surface area contributed by atoms with Crippen LogP contribution in [-0.4, -0.2) is 79.0 Å². The zero-order valence-corrected chi connectivity index (χ0v) is 20.9. The lowest BCUT2D eigenvalue weighted by Gasteiger charge is -2.47. The van der Waals surface area contributed by atoms with Gasteiger partial charge in [0.25, 0.3) is 5.91 Å². The maximum absolute atomic E-state index is 13.4. The molecule has 5 atom stereocenters. The molecule has 11 nitrogen and oxygen atoms in total. The lowest BCUT2D eigenvalue weighted by Crippen LogP contribution is -2.68. The van der Waals surface area contributed by atoms with E-state index < -0.39 is 60.4 Å². The molecule has 1 aliphatic heterocycles. The highest BCUT2D eigenvalue weighted by Crippen LogP contribution is 2.32. The molecule has 0 unspecified atom stereocenters. The highest BCUT2D eigenvalue weighted by atomic mass is 79.9. The maximum atomic E-state index is 13.4. The first-order chi connectivity index (χ1) is 16.0. The third-order valence-corrected chi connectivity index (χ3v) is 5.38. The number of esters is 3. The van der Waals surface area contributed by atoms with Gasteiger partial charge in [-0.2, -0.15) is 0 Å². The number of nitrogens with zero attached hydrogens (tertiary/aromatic N) is 1. The summed E-state index contributed by atoms with van der Waals surface area (Å²) in [5.41, 5.74) is 0.168. The normalized spacial score (nSPS) is 24.0. The molecule has 2 rings (SSSR count). The van der Waals surface area contributed by atoms with Gasteiger partial charge >= 0.3 is 17.9 Å². The fraction of sp³-hybridized carbons (Fsp3) is 0.500. The zero-order chi connectivity index (χ0) is 25.6. The van der Waals surface area contributed by atoms with Crippen molar-refractivity contribution in [2.75, 3.05) is 13.7 Å². The highest BCUT2D eigenvalue weighted by molar-refractivity contribution is 9.10. The van der Waals surface area contributed by atoms with E-state index in [2.05, 4.69) is 15.9 Å². The van der Waals surface area contributed by atoms with Crippen LogP contribution < -0.4 is 0 Å². The fourth-order valence-electron chi connectivity index (χ4n) is 3.57. The van der Waals surface area contributed by atoms with Crippen molar-refractivity contribution < 1.29 is 47.7 Å². The number of benzene rings is 1. The molecule has 186 valence electrons. The molecular weight excluding hydrogens is 518 g/mol. The molecule has 1 aliphatic rings. The lowest BCUT2D eigenvalue weighted by molar-refractivity contribution is -0.281. The van der Waals surface area contributed by atoms with Gasteiger partial charge in [-0.3, -0.25) is 28.9 Å². The first kappa shape index (κ1) is 27.4. The molecule has 0 spiro atoms. The standard InChI is InChI=1S/C22H26BrNO10/c1-11(25)24(21(29)15-6-8-16(23)9-7-15)18-20(33-14(4)28)19(32-13(3)27)17(10-31-12(2)26)34-22(18)30-5/h6-9,17-20,22H,10H2,1-5H3/t17-,18-,19+,20-,22-/m1/s1. The van der Waals surface area contributed by atoms with Gasteiger partial charge in [-0.1, -0.05) is 15.9 Å². The van der Waals surface area contributed by atoms with E-state index in [1.54, 1.807) is 12.1 Å². The van der Waals surface area contributed by atoms with Gasteiger partial charge in [-0.05, 0) is 24.3 Å². The molecule has 0 saturated carbocycles. The van der Waals surface area contributed by atoms with Gasteiger partial charge < -0.3 is 23.7 Å². The van der Waals surface area contributed by atoms with Crippen molar-refractivity contribution in [3.63, 3.8) is 0 Å². The molecule has 12 heteroatoms. The number of methoxy groups -OCH3 is 1. The Kier molecular flexibility index (Phi) is 9.71. The predicted octanol–water partition coefficient (Wildman–Crippen LogP) is 1.60. The van der Waals surface area contributed by atoms with Gasteiger partial charge in [0.1, 0.15) is 18.8 Å². The molecule has 1 saturated heterocycles. The summed E-state index contributed by atoms with van der Waals surface area (Å²) in [5.74, 6) is -3.55. The van der Waals surface area contributed by atoms with Crippen molar-refractivity contribution in [1.29, 1.82) is 0 Å². The third kappa shape index (κ3) is 6.84. The van der Waals surface area contributed by atoms with Crippen LogP contribution in [0.15, 0.2) is 28.7 Å². The molecule has 0 aromatic heterocycles. The molecule has 1 aromatic rings. The van der Waals surface area contributed by atoms with Crippen LogP contribution in [0.5, 0.6) is 0 Å². The largest absolute Gasteiger partial charge is 0.463 e. The molecule has 0 aliphatic carbocycles. The molecular formula is C22H26BrNO10. The number of carbonyl (C=O) groups excluding carboxylic acids is 5. The average molecular weight is 544 g/mol. The van der Waals surface area contributed by atoms with Gasteiger partial charge in [0.05, 0.1) is 0 Å². The Labute approximate surface area is 204 Å². The van der Waals surface area contributed by atoms with E-state index in [-0.39, 0.29) is 12.2 Å². The average Bonchev–Trinajstić information content (AvgIpc) is 2.74. The predicted molar refractivity (Wildman–Crippen MR) is 118 cm³/mol. The van der Waals surface area contributed by atoms with Crippen molar-refractivity contribution in [3.8, 4) is 0 Å². The number of carbonyl (C=O) groups is 5. The Morgan fingerprint density at radius 1 is 0.912 bits per heavy atom. The third-order valence-electron chi connectivity index (χ3n) is 4.85. The Hall–Kier alpha value is -2.83. The van der Waals surface area contributed by atoms with E-state index in [0.29, 0.717) is 0 Å². The van der Waals surface area contributed by atoms with Crippen molar-refractivity contribution in [2.24, 2.45) is 0 Å². The number of rotatable bonds is 7. The van der Waals surface area contributed by atoms with Crippen LogP contribution in [0.25, 0.3) is 0 Å². The minimum Gasteiger partial charge on any atom is -0.463 e. The summed E-state index contributed by atoms with van der Waals surface area (Å²) >= 11 is 3.28. The Morgan fingerprint density at radius 3 is 1.94 bits per heavy atom. The number of amides is 2. The first-order valence-electron chi connectivity index (χ1n) is 10.2. The van der Waals surface area contributed by atoms with Crippen molar-refractivity contribution in [1.82, 2.24) is 4.90 Å². The maximum Gasteiger partial charge on any atom is 0.303 e. The van der Waals surface area contributed by atoms with E-state index in [9.17, 15) is 24.0 Å². The number of hydrogen-bond donors (Lipinski definition) is 0. The first-order valence-corrected chi connectivity index (χ1v) is 11.0. The monoisotopic (exact) mass is 543 g/mol. The second kappa shape index (κ2) is 12.0. The molecule has 0 N–H and O–H groups in total. The van der Waals surface area contributed by atoms with Crippen molar-refractivity contribution in [3.05, 3.63) is 34.3 Å². The highest BCUT2D eigenvalue weighted by Gasteiger charge is 2.54. The van der Waals surface area contributed by atoms with Gasteiger partial charge in [0, 0.05) is 44.8 Å². The molecule has 1 aromatic carbocycles. The SMILES string of the molecule is CO[C@@H]1O[C@H](COC(C)=O)[C@H](OC(C)=O)[C@H](OC(C)=O)[C@H]1N(C(C)=O)C(=O)c1ccc(Br)cc1. The van der Waals surface area contributed by atoms with Crippen LogP contribution in [0.4, 0.5) is 0 Å². The molecule has 2 amide bonds. The van der Waals surface area contributed by atoms with Crippen LogP contribution in [0.3, 0.4) is 0 Å². The summed E-state index contributed by atoms with van der Waals surface area (Å²) < 4.78 is 27.8. The second-order valence-electron chi connectivity index (χ2n) is 7.42. The number of hydrogen-bond acceptors (Lipinski definition) is 10. The van der Waals surface area contributed by atoms with E-state index in [0.717, 1.165) is 30.1 Å². The summed E-state index contributed by atoms with van der Waals surface area (Å²) in [4.78, 5) is 62.1. The summed E-state index contributed by atoms with van der Waals surface area (Å²) in [5, 5.41) is 0. The van der Waals surface area contributed by atoms with Crippen molar-refractivity contribution >= 4 is 45.7 Å². The minimum atomic E-state index is -1.39. The number of halogens is 1. The summed E-state index contributed by atoms with van der Waals surface area (Å²) in [6, 6.07) is 4.91. The van der Waals surface area contributed by atoms with Crippen LogP contribution in [-0.2, 0) is 42.9 Å². The summed E-state index contributed by atoms with van der Waals surface area (Å²) in [6.07, 6.45) is -5.13. The van der Waals surface area contributed by atoms with Crippen LogP contribution >= 0.6 is 15.9 Å². The van der Waals surface area contributed by atoms with Gasteiger partial charge in [0.15, 0.2) is 18.5 Å². The summed E-state index contributed by atoms with van der Waals surface area (Å²) in [6.45, 7) is 4.21. The van der Waals surface area contributed by atoms with Gasteiger partial charge in [0.2, 0.25) is 5.91 Å². The van der Waals surface area contributed by atoms with E-state index in [4.69, 9.17) is 23.7 Å². The molecule has 0 radical (unpaired) electrons. The Morgan fingerprint density at radius 2 is 1.47 bits per heavy atom. The van der Waals surface area contributed by atoms with Crippen LogP contribution in [0, 0.1) is 0 Å². The van der Waals surface area contributed by atoms with E-state index in [1.807, 2.05) is 0 Å². The minimum absolute atomic E-state index is 0.168.